The summed E-state index contributed by atoms with van der Waals surface area (Å²) < 4.78 is 39.4. The number of carboxylic acids is 1. The Morgan fingerprint density at radius 1 is 1.44 bits per heavy atom. The van der Waals surface area contributed by atoms with E-state index < -0.39 is 18.1 Å². The average molecular weight is 259 g/mol. The van der Waals surface area contributed by atoms with Crippen LogP contribution in [-0.2, 0) is 4.79 Å². The molecular formula is C11H8F3NO3. The molecule has 3 N–H and O–H groups in total. The number of aliphatic carboxylic acids is 1. The van der Waals surface area contributed by atoms with Gasteiger partial charge in [0.1, 0.15) is 12.2 Å². The SMILES string of the molecule is Nc1cc(OC(F)(F)F)ccc1C#CCC(=O)O. The van der Waals surface area contributed by atoms with Crippen molar-refractivity contribution in [3.05, 3.63) is 23.8 Å². The van der Waals surface area contributed by atoms with E-state index >= 15 is 0 Å². The molecule has 7 heteroatoms. The molecule has 96 valence electrons. The Morgan fingerprint density at radius 3 is 2.61 bits per heavy atom. The largest absolute Gasteiger partial charge is 0.573 e. The van der Waals surface area contributed by atoms with E-state index in [4.69, 9.17) is 10.8 Å². The van der Waals surface area contributed by atoms with Crippen LogP contribution in [0.15, 0.2) is 18.2 Å². The summed E-state index contributed by atoms with van der Waals surface area (Å²) in [6.07, 6.45) is -5.16. The van der Waals surface area contributed by atoms with Gasteiger partial charge in [0.05, 0.1) is 5.69 Å². The minimum atomic E-state index is -4.79. The zero-order valence-electron chi connectivity index (χ0n) is 8.91. The van der Waals surface area contributed by atoms with Gasteiger partial charge in [0.25, 0.3) is 0 Å². The van der Waals surface area contributed by atoms with Crippen molar-refractivity contribution in [1.82, 2.24) is 0 Å². The lowest BCUT2D eigenvalue weighted by atomic mass is 10.1. The van der Waals surface area contributed by atoms with Crippen molar-refractivity contribution in [1.29, 1.82) is 0 Å². The van der Waals surface area contributed by atoms with Gasteiger partial charge < -0.3 is 15.6 Å². The molecule has 1 aromatic carbocycles. The summed E-state index contributed by atoms with van der Waals surface area (Å²) in [5.74, 6) is 3.20. The number of hydrogen-bond donors (Lipinski definition) is 2. The Bertz CT molecular complexity index is 514. The minimum Gasteiger partial charge on any atom is -0.481 e. The van der Waals surface area contributed by atoms with Crippen molar-refractivity contribution in [3.8, 4) is 17.6 Å². The monoisotopic (exact) mass is 259 g/mol. The molecule has 0 bridgehead atoms. The minimum absolute atomic E-state index is 0.0189. The standard InChI is InChI=1S/C11H8F3NO3/c12-11(13,14)18-8-5-4-7(9(15)6-8)2-1-3-10(16)17/h4-6H,3,15H2,(H,16,17). The molecule has 0 fully saturated rings. The molecule has 0 radical (unpaired) electrons. The third-order valence-electron chi connectivity index (χ3n) is 1.72. The molecule has 0 aliphatic rings. The number of hydrogen-bond acceptors (Lipinski definition) is 3. The highest BCUT2D eigenvalue weighted by molar-refractivity contribution is 5.70. The van der Waals surface area contributed by atoms with Gasteiger partial charge in [0, 0.05) is 11.6 Å². The van der Waals surface area contributed by atoms with Gasteiger partial charge in [-0.3, -0.25) is 4.79 Å². The maximum absolute atomic E-state index is 11.9. The van der Waals surface area contributed by atoms with E-state index in [0.29, 0.717) is 0 Å². The molecule has 1 aromatic rings. The van der Waals surface area contributed by atoms with Crippen LogP contribution in [0.25, 0.3) is 0 Å². The number of anilines is 1. The molecule has 18 heavy (non-hydrogen) atoms. The summed E-state index contributed by atoms with van der Waals surface area (Å²) in [5, 5.41) is 8.35. The fourth-order valence-corrected chi connectivity index (χ4v) is 1.07. The molecule has 0 atom stereocenters. The van der Waals surface area contributed by atoms with Crippen LogP contribution in [0.4, 0.5) is 18.9 Å². The van der Waals surface area contributed by atoms with E-state index in [0.717, 1.165) is 12.1 Å². The Hall–Kier alpha value is -2.36. The molecule has 0 unspecified atom stereocenters. The highest BCUT2D eigenvalue weighted by Crippen LogP contribution is 2.25. The van der Waals surface area contributed by atoms with E-state index in [9.17, 15) is 18.0 Å². The van der Waals surface area contributed by atoms with Gasteiger partial charge in [-0.15, -0.1) is 13.2 Å². The molecule has 0 saturated carbocycles. The van der Waals surface area contributed by atoms with Crippen LogP contribution in [0.3, 0.4) is 0 Å². The van der Waals surface area contributed by atoms with Crippen LogP contribution >= 0.6 is 0 Å². The first kappa shape index (κ1) is 13.7. The van der Waals surface area contributed by atoms with E-state index in [1.165, 1.54) is 6.07 Å². The van der Waals surface area contributed by atoms with Gasteiger partial charge in [0.2, 0.25) is 0 Å². The topological polar surface area (TPSA) is 72.5 Å². The molecule has 0 aliphatic carbocycles. The van der Waals surface area contributed by atoms with Crippen molar-refractivity contribution in [2.45, 2.75) is 12.8 Å². The maximum atomic E-state index is 11.9. The fourth-order valence-electron chi connectivity index (χ4n) is 1.07. The van der Waals surface area contributed by atoms with Gasteiger partial charge in [0.15, 0.2) is 0 Å². The highest BCUT2D eigenvalue weighted by atomic mass is 19.4. The van der Waals surface area contributed by atoms with Gasteiger partial charge in [-0.05, 0) is 12.1 Å². The summed E-state index contributed by atoms with van der Waals surface area (Å²) in [6, 6.07) is 3.25. The van der Waals surface area contributed by atoms with Crippen LogP contribution in [0, 0.1) is 11.8 Å². The predicted octanol–water partition coefficient (Wildman–Crippen LogP) is 1.99. The maximum Gasteiger partial charge on any atom is 0.573 e. The summed E-state index contributed by atoms with van der Waals surface area (Å²) in [7, 11) is 0. The number of halogens is 3. The second kappa shape index (κ2) is 5.31. The van der Waals surface area contributed by atoms with Crippen LogP contribution in [0.1, 0.15) is 12.0 Å². The van der Waals surface area contributed by atoms with Crippen LogP contribution < -0.4 is 10.5 Å². The average Bonchev–Trinajstić information content (AvgIpc) is 2.18. The summed E-state index contributed by atoms with van der Waals surface area (Å²) in [4.78, 5) is 10.2. The van der Waals surface area contributed by atoms with Crippen LogP contribution in [0.2, 0.25) is 0 Å². The number of nitrogen functional groups attached to an aromatic ring is 1. The van der Waals surface area contributed by atoms with Crippen molar-refractivity contribution in [2.24, 2.45) is 0 Å². The first-order valence-corrected chi connectivity index (χ1v) is 4.64. The van der Waals surface area contributed by atoms with Gasteiger partial charge in [-0.1, -0.05) is 11.8 Å². The lowest BCUT2D eigenvalue weighted by molar-refractivity contribution is -0.274. The number of carbonyl (C=O) groups is 1. The first-order valence-electron chi connectivity index (χ1n) is 4.64. The lowest BCUT2D eigenvalue weighted by Crippen LogP contribution is -2.17. The highest BCUT2D eigenvalue weighted by Gasteiger charge is 2.31. The summed E-state index contributed by atoms with van der Waals surface area (Å²) in [6.45, 7) is 0. The number of nitrogens with two attached hydrogens (primary N) is 1. The van der Waals surface area contributed by atoms with Crippen molar-refractivity contribution in [3.63, 3.8) is 0 Å². The third kappa shape index (κ3) is 4.65. The Kier molecular flexibility index (Phi) is 4.05. The molecule has 0 heterocycles. The van der Waals surface area contributed by atoms with Crippen molar-refractivity contribution in [2.75, 3.05) is 5.73 Å². The van der Waals surface area contributed by atoms with E-state index in [1.54, 1.807) is 0 Å². The fraction of sp³-hybridized carbons (Fsp3) is 0.182. The lowest BCUT2D eigenvalue weighted by Gasteiger charge is -2.09. The summed E-state index contributed by atoms with van der Waals surface area (Å²) in [5.41, 5.74) is 5.68. The van der Waals surface area contributed by atoms with E-state index in [-0.39, 0.29) is 17.7 Å². The first-order chi connectivity index (χ1) is 8.28. The molecular weight excluding hydrogens is 251 g/mol. The quantitative estimate of drug-likeness (QED) is 0.629. The number of ether oxygens (including phenoxy) is 1. The van der Waals surface area contributed by atoms with Crippen molar-refractivity contribution >= 4 is 11.7 Å². The van der Waals surface area contributed by atoms with Gasteiger partial charge >= 0.3 is 12.3 Å². The molecule has 0 aromatic heterocycles. The molecule has 0 amide bonds. The van der Waals surface area contributed by atoms with Gasteiger partial charge in [-0.2, -0.15) is 0 Å². The zero-order chi connectivity index (χ0) is 13.8. The normalized spacial score (nSPS) is 10.4. The van der Waals surface area contributed by atoms with Crippen LogP contribution in [0.5, 0.6) is 5.75 Å². The number of alkyl halides is 3. The summed E-state index contributed by atoms with van der Waals surface area (Å²) >= 11 is 0. The smallest absolute Gasteiger partial charge is 0.481 e. The number of benzene rings is 1. The third-order valence-corrected chi connectivity index (χ3v) is 1.72. The molecule has 0 saturated heterocycles. The predicted molar refractivity (Wildman–Crippen MR) is 56.7 cm³/mol. The second-order valence-electron chi connectivity index (χ2n) is 3.17. The Balaban J connectivity index is 2.85. The second-order valence-corrected chi connectivity index (χ2v) is 3.17. The molecule has 1 rings (SSSR count). The van der Waals surface area contributed by atoms with Crippen molar-refractivity contribution < 1.29 is 27.8 Å². The van der Waals surface area contributed by atoms with Crippen LogP contribution in [-0.4, -0.2) is 17.4 Å². The zero-order valence-corrected chi connectivity index (χ0v) is 8.91. The van der Waals surface area contributed by atoms with E-state index in [1.807, 2.05) is 0 Å². The molecule has 0 spiro atoms. The number of rotatable bonds is 2. The van der Waals surface area contributed by atoms with Gasteiger partial charge in [-0.25, -0.2) is 0 Å². The molecule has 0 aliphatic heterocycles. The molecule has 4 nitrogen and oxygen atoms in total. The Morgan fingerprint density at radius 2 is 2.11 bits per heavy atom. The van der Waals surface area contributed by atoms with E-state index in [2.05, 4.69) is 16.6 Å². The Labute approximate surface area is 100 Å². The number of carboxylic acid groups (broad SMARTS) is 1.